The molecule has 3 saturated heterocycles. The molecule has 1 N–H and O–H groups in total. The zero-order valence-electron chi connectivity index (χ0n) is 14.3. The molecule has 5 rings (SSSR count). The van der Waals surface area contributed by atoms with Crippen LogP contribution in [0.25, 0.3) is 10.9 Å². The number of hydrogen-bond donors (Lipinski definition) is 1. The van der Waals surface area contributed by atoms with E-state index in [2.05, 4.69) is 22.9 Å². The van der Waals surface area contributed by atoms with Crippen molar-refractivity contribution < 1.29 is 9.84 Å². The van der Waals surface area contributed by atoms with Gasteiger partial charge >= 0.3 is 0 Å². The van der Waals surface area contributed by atoms with Crippen LogP contribution in [-0.4, -0.2) is 41.2 Å². The second-order valence-corrected chi connectivity index (χ2v) is 6.85. The van der Waals surface area contributed by atoms with Gasteiger partial charge in [-0.25, -0.2) is 0 Å². The lowest BCUT2D eigenvalue weighted by Gasteiger charge is -2.48. The lowest BCUT2D eigenvalue weighted by molar-refractivity contribution is -0.00340. The number of allylic oxidation sites excluding steroid dienone is 1. The number of fused-ring (bicyclic) bond motifs is 4. The third-order valence-corrected chi connectivity index (χ3v) is 5.71. The monoisotopic (exact) mass is 324 g/mol. The van der Waals surface area contributed by atoms with Gasteiger partial charge in [0.2, 0.25) is 0 Å². The van der Waals surface area contributed by atoms with Crippen LogP contribution in [0, 0.1) is 5.92 Å². The minimum Gasteiger partial charge on any atom is -0.497 e. The van der Waals surface area contributed by atoms with Crippen molar-refractivity contribution in [1.82, 2.24) is 9.88 Å². The Bertz CT molecular complexity index is 786. The summed E-state index contributed by atoms with van der Waals surface area (Å²) in [6.45, 7) is 4.20. The summed E-state index contributed by atoms with van der Waals surface area (Å²) in [4.78, 5) is 6.87. The van der Waals surface area contributed by atoms with E-state index in [9.17, 15) is 5.11 Å². The topological polar surface area (TPSA) is 45.6 Å². The highest BCUT2D eigenvalue weighted by Crippen LogP contribution is 2.41. The van der Waals surface area contributed by atoms with Crippen molar-refractivity contribution in [3.05, 3.63) is 47.7 Å². The Morgan fingerprint density at radius 2 is 2.25 bits per heavy atom. The van der Waals surface area contributed by atoms with E-state index in [1.165, 1.54) is 12.0 Å². The smallest absolute Gasteiger partial charge is 0.119 e. The number of rotatable bonds is 3. The molecule has 4 heteroatoms. The largest absolute Gasteiger partial charge is 0.497 e. The Morgan fingerprint density at radius 3 is 2.96 bits per heavy atom. The van der Waals surface area contributed by atoms with E-state index in [0.29, 0.717) is 5.92 Å². The maximum Gasteiger partial charge on any atom is 0.119 e. The molecule has 3 fully saturated rings. The molecule has 0 saturated carbocycles. The van der Waals surface area contributed by atoms with Crippen LogP contribution in [-0.2, 0) is 0 Å². The quantitative estimate of drug-likeness (QED) is 0.880. The van der Waals surface area contributed by atoms with Gasteiger partial charge in [-0.05, 0) is 62.1 Å². The van der Waals surface area contributed by atoms with Gasteiger partial charge in [-0.15, -0.1) is 0 Å². The third-order valence-electron chi connectivity index (χ3n) is 5.71. The van der Waals surface area contributed by atoms with Crippen LogP contribution in [0.3, 0.4) is 0 Å². The summed E-state index contributed by atoms with van der Waals surface area (Å²) in [5.41, 5.74) is 3.39. The first kappa shape index (κ1) is 15.6. The minimum absolute atomic E-state index is 0.184. The Hall–Kier alpha value is -1.91. The number of pyridine rings is 1. The fourth-order valence-electron chi connectivity index (χ4n) is 4.34. The lowest BCUT2D eigenvalue weighted by atomic mass is 9.76. The summed E-state index contributed by atoms with van der Waals surface area (Å²) < 4.78 is 5.35. The molecule has 4 nitrogen and oxygen atoms in total. The predicted octanol–water partition coefficient (Wildman–Crippen LogP) is 3.32. The van der Waals surface area contributed by atoms with Crippen LogP contribution in [0.1, 0.15) is 31.4 Å². The SMILES string of the molecule is C/C=C1/CN2CC[C@H]1C[C@@H]2[C@@H](O)c1ccnc2ccc(OC)cc12. The maximum absolute atomic E-state index is 11.2. The van der Waals surface area contributed by atoms with Crippen molar-refractivity contribution in [3.63, 3.8) is 0 Å². The van der Waals surface area contributed by atoms with Crippen LogP contribution < -0.4 is 4.74 Å². The second kappa shape index (κ2) is 6.19. The number of nitrogens with zero attached hydrogens (tertiary/aromatic N) is 2. The van der Waals surface area contributed by atoms with E-state index in [-0.39, 0.29) is 6.04 Å². The summed E-state index contributed by atoms with van der Waals surface area (Å²) in [6.07, 6.45) is 5.80. The van der Waals surface area contributed by atoms with Gasteiger partial charge in [-0.2, -0.15) is 0 Å². The summed E-state index contributed by atoms with van der Waals surface area (Å²) in [5.74, 6) is 1.42. The van der Waals surface area contributed by atoms with E-state index in [1.54, 1.807) is 13.3 Å². The number of aliphatic hydroxyl groups is 1. The van der Waals surface area contributed by atoms with Crippen molar-refractivity contribution in [2.24, 2.45) is 5.92 Å². The van der Waals surface area contributed by atoms with Crippen molar-refractivity contribution in [1.29, 1.82) is 0 Å². The average Bonchev–Trinajstić information content (AvgIpc) is 2.66. The maximum atomic E-state index is 11.2. The van der Waals surface area contributed by atoms with Crippen LogP contribution in [0.4, 0.5) is 0 Å². The van der Waals surface area contributed by atoms with Gasteiger partial charge in [0.1, 0.15) is 5.75 Å². The highest BCUT2D eigenvalue weighted by atomic mass is 16.5. The summed E-state index contributed by atoms with van der Waals surface area (Å²) in [7, 11) is 1.66. The van der Waals surface area contributed by atoms with E-state index in [0.717, 1.165) is 41.7 Å². The van der Waals surface area contributed by atoms with Crippen molar-refractivity contribution >= 4 is 10.9 Å². The number of methoxy groups -OCH3 is 1. The van der Waals surface area contributed by atoms with E-state index in [1.807, 2.05) is 24.3 Å². The van der Waals surface area contributed by atoms with Gasteiger partial charge in [0.05, 0.1) is 18.7 Å². The van der Waals surface area contributed by atoms with Gasteiger partial charge in [0.25, 0.3) is 0 Å². The van der Waals surface area contributed by atoms with Gasteiger partial charge in [-0.1, -0.05) is 11.6 Å². The minimum atomic E-state index is -0.496. The number of ether oxygens (including phenoxy) is 1. The zero-order chi connectivity index (χ0) is 16.7. The van der Waals surface area contributed by atoms with Gasteiger partial charge < -0.3 is 9.84 Å². The Balaban J connectivity index is 1.70. The van der Waals surface area contributed by atoms with Crippen molar-refractivity contribution in [3.8, 4) is 5.75 Å². The summed E-state index contributed by atoms with van der Waals surface area (Å²) >= 11 is 0. The van der Waals surface area contributed by atoms with E-state index in [4.69, 9.17) is 4.74 Å². The molecule has 4 heterocycles. The first-order valence-electron chi connectivity index (χ1n) is 8.71. The molecule has 2 bridgehead atoms. The van der Waals surface area contributed by atoms with Crippen molar-refractivity contribution in [2.45, 2.75) is 31.9 Å². The number of piperidine rings is 3. The van der Waals surface area contributed by atoms with Crippen LogP contribution in [0.15, 0.2) is 42.1 Å². The number of benzene rings is 1. The molecule has 1 unspecified atom stereocenters. The first-order chi connectivity index (χ1) is 11.7. The van der Waals surface area contributed by atoms with Gasteiger partial charge in [0.15, 0.2) is 0 Å². The van der Waals surface area contributed by atoms with Crippen LogP contribution in [0.5, 0.6) is 5.75 Å². The molecule has 0 aliphatic carbocycles. The predicted molar refractivity (Wildman–Crippen MR) is 95.1 cm³/mol. The van der Waals surface area contributed by atoms with E-state index < -0.39 is 6.10 Å². The molecule has 2 aromatic rings. The van der Waals surface area contributed by atoms with E-state index >= 15 is 0 Å². The lowest BCUT2D eigenvalue weighted by Crippen LogP contribution is -2.52. The molecule has 3 aliphatic heterocycles. The van der Waals surface area contributed by atoms with Gasteiger partial charge in [0, 0.05) is 24.2 Å². The Kier molecular flexibility index (Phi) is 4.02. The molecule has 4 atom stereocenters. The Morgan fingerprint density at radius 1 is 1.38 bits per heavy atom. The Labute approximate surface area is 142 Å². The molecule has 126 valence electrons. The fourth-order valence-corrected chi connectivity index (χ4v) is 4.34. The average molecular weight is 324 g/mol. The second-order valence-electron chi connectivity index (χ2n) is 6.85. The highest BCUT2D eigenvalue weighted by Gasteiger charge is 2.40. The molecule has 0 radical (unpaired) electrons. The summed E-state index contributed by atoms with van der Waals surface area (Å²) in [6, 6.07) is 7.98. The van der Waals surface area contributed by atoms with Crippen LogP contribution in [0.2, 0.25) is 0 Å². The standard InChI is InChI=1S/C20H24N2O2/c1-3-13-12-22-9-7-14(13)10-19(22)20(23)16-6-8-21-18-5-4-15(24-2)11-17(16)18/h3-6,8,11,14,19-20,23H,7,9-10,12H2,1-2H3/b13-3-/t14-,19+,20-/m0/s1. The molecule has 1 aromatic heterocycles. The molecule has 0 amide bonds. The molecule has 24 heavy (non-hydrogen) atoms. The normalized spacial score (nSPS) is 29.1. The molecular weight excluding hydrogens is 300 g/mol. The summed E-state index contributed by atoms with van der Waals surface area (Å²) in [5, 5.41) is 12.1. The third kappa shape index (κ3) is 2.50. The number of aliphatic hydroxyl groups excluding tert-OH is 1. The first-order valence-corrected chi connectivity index (χ1v) is 8.71. The zero-order valence-corrected chi connectivity index (χ0v) is 14.3. The van der Waals surface area contributed by atoms with Crippen molar-refractivity contribution in [2.75, 3.05) is 20.2 Å². The molecule has 1 aromatic carbocycles. The van der Waals surface area contributed by atoms with Crippen LogP contribution >= 0.6 is 0 Å². The van der Waals surface area contributed by atoms with Gasteiger partial charge in [-0.3, -0.25) is 9.88 Å². The molecular formula is C20H24N2O2. The highest BCUT2D eigenvalue weighted by molar-refractivity contribution is 5.83. The molecule has 3 aliphatic rings. The fraction of sp³-hybridized carbons (Fsp3) is 0.450. The molecule has 0 spiro atoms. The number of aromatic nitrogens is 1. The number of hydrogen-bond acceptors (Lipinski definition) is 4.